The van der Waals surface area contributed by atoms with Crippen LogP contribution in [0.5, 0.6) is 0 Å². The first-order valence-electron chi connectivity index (χ1n) is 8.94. The predicted molar refractivity (Wildman–Crippen MR) is 117 cm³/mol. The summed E-state index contributed by atoms with van der Waals surface area (Å²) < 4.78 is 0. The van der Waals surface area contributed by atoms with Gasteiger partial charge in [-0.25, -0.2) is 4.98 Å². The van der Waals surface area contributed by atoms with Crippen molar-refractivity contribution in [1.29, 1.82) is 0 Å². The van der Waals surface area contributed by atoms with Gasteiger partial charge in [0.05, 0.1) is 0 Å². The summed E-state index contributed by atoms with van der Waals surface area (Å²) >= 11 is 0. The molecule has 0 aromatic carbocycles. The Kier molecular flexibility index (Phi) is 10.1. The summed E-state index contributed by atoms with van der Waals surface area (Å²) in [5.74, 6) is 2.02. The van der Waals surface area contributed by atoms with E-state index in [1.54, 1.807) is 0 Å². The standard InChI is InChI=1S/C18H32N6.HI/c1-5-6-9-23(4)18(19-2)21-15-16-7-8-17(20-14-16)24-12-10-22(3)11-13-24;/h7-8,14H,5-6,9-13,15H2,1-4H3,(H,19,21);1H. The number of aromatic nitrogens is 1. The molecular formula is C18H33IN6. The molecule has 142 valence electrons. The maximum absolute atomic E-state index is 4.64. The Bertz CT molecular complexity index is 511. The Labute approximate surface area is 169 Å². The zero-order chi connectivity index (χ0) is 17.4. The Morgan fingerprint density at radius 1 is 1.28 bits per heavy atom. The number of anilines is 1. The van der Waals surface area contributed by atoms with Gasteiger partial charge < -0.3 is 20.0 Å². The van der Waals surface area contributed by atoms with E-state index < -0.39 is 0 Å². The number of likely N-dealkylation sites (N-methyl/N-ethyl adjacent to an activating group) is 1. The average molecular weight is 460 g/mol. The van der Waals surface area contributed by atoms with Crippen LogP contribution in [0.15, 0.2) is 23.3 Å². The van der Waals surface area contributed by atoms with Crippen molar-refractivity contribution >= 4 is 35.8 Å². The van der Waals surface area contributed by atoms with Gasteiger partial charge in [-0.2, -0.15) is 0 Å². The minimum Gasteiger partial charge on any atom is -0.354 e. The topological polar surface area (TPSA) is 47.0 Å². The van der Waals surface area contributed by atoms with E-state index in [0.717, 1.165) is 51.0 Å². The molecule has 0 saturated carbocycles. The van der Waals surface area contributed by atoms with Crippen LogP contribution >= 0.6 is 24.0 Å². The van der Waals surface area contributed by atoms with Crippen molar-refractivity contribution in [2.24, 2.45) is 4.99 Å². The van der Waals surface area contributed by atoms with Gasteiger partial charge in [0.25, 0.3) is 0 Å². The van der Waals surface area contributed by atoms with Crippen molar-refractivity contribution in [3.8, 4) is 0 Å². The van der Waals surface area contributed by atoms with Crippen molar-refractivity contribution in [3.63, 3.8) is 0 Å². The average Bonchev–Trinajstić information content (AvgIpc) is 2.61. The van der Waals surface area contributed by atoms with Gasteiger partial charge in [-0.05, 0) is 25.1 Å². The lowest BCUT2D eigenvalue weighted by molar-refractivity contribution is 0.312. The molecule has 2 rings (SSSR count). The van der Waals surface area contributed by atoms with Gasteiger partial charge in [-0.15, -0.1) is 24.0 Å². The lowest BCUT2D eigenvalue weighted by Gasteiger charge is -2.33. The molecule has 1 aliphatic heterocycles. The molecule has 7 heteroatoms. The molecule has 0 bridgehead atoms. The number of piperazine rings is 1. The molecular weight excluding hydrogens is 427 g/mol. The second kappa shape index (κ2) is 11.5. The summed E-state index contributed by atoms with van der Waals surface area (Å²) in [5, 5.41) is 3.41. The van der Waals surface area contributed by atoms with E-state index in [1.807, 2.05) is 13.2 Å². The molecule has 1 aromatic heterocycles. The maximum Gasteiger partial charge on any atom is 0.193 e. The monoisotopic (exact) mass is 460 g/mol. The van der Waals surface area contributed by atoms with Crippen LogP contribution in [0.25, 0.3) is 0 Å². The first-order chi connectivity index (χ1) is 11.6. The van der Waals surface area contributed by atoms with E-state index in [9.17, 15) is 0 Å². The molecule has 25 heavy (non-hydrogen) atoms. The van der Waals surface area contributed by atoms with Crippen LogP contribution in [-0.2, 0) is 6.54 Å². The molecule has 1 fully saturated rings. The van der Waals surface area contributed by atoms with E-state index in [1.165, 1.54) is 18.4 Å². The second-order valence-corrected chi connectivity index (χ2v) is 6.49. The number of pyridine rings is 1. The summed E-state index contributed by atoms with van der Waals surface area (Å²) in [6.07, 6.45) is 4.34. The summed E-state index contributed by atoms with van der Waals surface area (Å²) in [4.78, 5) is 15.9. The van der Waals surface area contributed by atoms with E-state index in [0.29, 0.717) is 0 Å². The van der Waals surface area contributed by atoms with Crippen molar-refractivity contribution in [2.45, 2.75) is 26.3 Å². The third-order valence-corrected chi connectivity index (χ3v) is 4.51. The number of nitrogens with zero attached hydrogens (tertiary/aromatic N) is 5. The van der Waals surface area contributed by atoms with Gasteiger partial charge in [-0.1, -0.05) is 19.4 Å². The number of guanidine groups is 1. The van der Waals surface area contributed by atoms with Crippen molar-refractivity contribution in [1.82, 2.24) is 20.1 Å². The van der Waals surface area contributed by atoms with Crippen LogP contribution in [0, 0.1) is 0 Å². The fourth-order valence-corrected chi connectivity index (χ4v) is 2.81. The van der Waals surface area contributed by atoms with E-state index in [4.69, 9.17) is 0 Å². The highest BCUT2D eigenvalue weighted by Gasteiger charge is 2.15. The van der Waals surface area contributed by atoms with Crippen molar-refractivity contribution in [3.05, 3.63) is 23.9 Å². The summed E-state index contributed by atoms with van der Waals surface area (Å²) in [6.45, 7) is 8.29. The van der Waals surface area contributed by atoms with Crippen LogP contribution in [0.1, 0.15) is 25.3 Å². The second-order valence-electron chi connectivity index (χ2n) is 6.49. The Balaban J connectivity index is 0.00000312. The predicted octanol–water partition coefficient (Wildman–Crippen LogP) is 2.26. The zero-order valence-electron chi connectivity index (χ0n) is 16.0. The summed E-state index contributed by atoms with van der Waals surface area (Å²) in [5.41, 5.74) is 1.18. The fraction of sp³-hybridized carbons (Fsp3) is 0.667. The number of rotatable bonds is 6. The number of aliphatic imine (C=N–C) groups is 1. The molecule has 0 atom stereocenters. The van der Waals surface area contributed by atoms with Crippen LogP contribution in [0.2, 0.25) is 0 Å². The lowest BCUT2D eigenvalue weighted by atomic mass is 10.2. The molecule has 0 amide bonds. The summed E-state index contributed by atoms with van der Waals surface area (Å²) in [7, 11) is 6.09. The number of hydrogen-bond acceptors (Lipinski definition) is 4. The first-order valence-corrected chi connectivity index (χ1v) is 8.94. The smallest absolute Gasteiger partial charge is 0.193 e. The third kappa shape index (κ3) is 6.97. The molecule has 0 spiro atoms. The van der Waals surface area contributed by atoms with Crippen LogP contribution in [0.4, 0.5) is 5.82 Å². The number of halogens is 1. The van der Waals surface area contributed by atoms with E-state index >= 15 is 0 Å². The highest BCUT2D eigenvalue weighted by molar-refractivity contribution is 14.0. The molecule has 6 nitrogen and oxygen atoms in total. The Morgan fingerprint density at radius 2 is 2.00 bits per heavy atom. The van der Waals surface area contributed by atoms with Crippen molar-refractivity contribution < 1.29 is 0 Å². The van der Waals surface area contributed by atoms with Gasteiger partial charge in [-0.3, -0.25) is 4.99 Å². The Morgan fingerprint density at radius 3 is 2.56 bits per heavy atom. The highest BCUT2D eigenvalue weighted by atomic mass is 127. The Hall–Kier alpha value is -1.09. The first kappa shape index (κ1) is 22.0. The SMILES string of the molecule is CCCCN(C)C(=NC)NCc1ccc(N2CCN(C)CC2)nc1.I. The summed E-state index contributed by atoms with van der Waals surface area (Å²) in [6, 6.07) is 4.29. The molecule has 2 heterocycles. The van der Waals surface area contributed by atoms with E-state index in [2.05, 4.69) is 63.1 Å². The van der Waals surface area contributed by atoms with Crippen LogP contribution in [-0.4, -0.2) is 74.6 Å². The van der Waals surface area contributed by atoms with Gasteiger partial charge in [0.1, 0.15) is 5.82 Å². The number of unbranched alkanes of at least 4 members (excludes halogenated alkanes) is 1. The largest absolute Gasteiger partial charge is 0.354 e. The quantitative estimate of drug-likeness (QED) is 0.401. The van der Waals surface area contributed by atoms with Gasteiger partial charge in [0, 0.05) is 59.6 Å². The fourth-order valence-electron chi connectivity index (χ4n) is 2.81. The molecule has 1 N–H and O–H groups in total. The highest BCUT2D eigenvalue weighted by Crippen LogP contribution is 2.13. The van der Waals surface area contributed by atoms with Crippen LogP contribution < -0.4 is 10.2 Å². The van der Waals surface area contributed by atoms with Gasteiger partial charge in [0.2, 0.25) is 0 Å². The van der Waals surface area contributed by atoms with Gasteiger partial charge >= 0.3 is 0 Å². The molecule has 1 aromatic rings. The molecule has 1 saturated heterocycles. The van der Waals surface area contributed by atoms with Crippen LogP contribution in [0.3, 0.4) is 0 Å². The zero-order valence-corrected chi connectivity index (χ0v) is 18.4. The minimum absolute atomic E-state index is 0. The van der Waals surface area contributed by atoms with Gasteiger partial charge in [0.15, 0.2) is 5.96 Å². The number of hydrogen-bond donors (Lipinski definition) is 1. The van der Waals surface area contributed by atoms with Crippen molar-refractivity contribution in [2.75, 3.05) is 58.8 Å². The maximum atomic E-state index is 4.64. The molecule has 0 aliphatic carbocycles. The lowest BCUT2D eigenvalue weighted by Crippen LogP contribution is -2.44. The molecule has 0 unspecified atom stereocenters. The minimum atomic E-state index is 0. The molecule has 1 aliphatic rings. The third-order valence-electron chi connectivity index (χ3n) is 4.51. The van der Waals surface area contributed by atoms with E-state index in [-0.39, 0.29) is 24.0 Å². The normalized spacial score (nSPS) is 15.7. The number of nitrogens with one attached hydrogen (secondary N) is 1. The molecule has 0 radical (unpaired) electrons.